The second-order valence-electron chi connectivity index (χ2n) is 4.23. The van der Waals surface area contributed by atoms with Crippen LogP contribution in [0.1, 0.15) is 25.3 Å². The van der Waals surface area contributed by atoms with Crippen LogP contribution in [-0.4, -0.2) is 33.8 Å². The molecule has 2 unspecified atom stereocenters. The highest BCUT2D eigenvalue weighted by Crippen LogP contribution is 2.16. The van der Waals surface area contributed by atoms with Gasteiger partial charge in [-0.15, -0.1) is 11.3 Å². The summed E-state index contributed by atoms with van der Waals surface area (Å²) in [6.07, 6.45) is 2.07. The molecule has 2 heterocycles. The molecule has 0 bridgehead atoms. The normalized spacial score (nSPS) is 25.6. The van der Waals surface area contributed by atoms with E-state index >= 15 is 0 Å². The first-order valence-corrected chi connectivity index (χ1v) is 6.44. The van der Waals surface area contributed by atoms with Crippen LogP contribution in [0.2, 0.25) is 0 Å². The summed E-state index contributed by atoms with van der Waals surface area (Å²) in [5, 5.41) is 5.46. The van der Waals surface area contributed by atoms with Crippen molar-refractivity contribution in [3.8, 4) is 0 Å². The first-order valence-electron chi connectivity index (χ1n) is 5.56. The molecule has 6 heteroatoms. The Morgan fingerprint density at radius 1 is 1.53 bits per heavy atom. The average molecular weight is 253 g/mol. The maximum absolute atomic E-state index is 12.1. The van der Waals surface area contributed by atoms with Gasteiger partial charge in [0.2, 0.25) is 11.8 Å². The predicted molar refractivity (Wildman–Crippen MR) is 64.3 cm³/mol. The van der Waals surface area contributed by atoms with E-state index in [-0.39, 0.29) is 17.9 Å². The van der Waals surface area contributed by atoms with Gasteiger partial charge in [0, 0.05) is 24.0 Å². The van der Waals surface area contributed by atoms with E-state index in [4.69, 9.17) is 0 Å². The number of rotatable bonds is 2. The highest BCUT2D eigenvalue weighted by Gasteiger charge is 2.31. The molecule has 1 fully saturated rings. The van der Waals surface area contributed by atoms with Gasteiger partial charge in [-0.25, -0.2) is 4.98 Å². The van der Waals surface area contributed by atoms with Gasteiger partial charge in [-0.3, -0.25) is 9.59 Å². The molecule has 1 aromatic rings. The molecule has 0 radical (unpaired) electrons. The summed E-state index contributed by atoms with van der Waals surface area (Å²) >= 11 is 1.52. The van der Waals surface area contributed by atoms with Gasteiger partial charge in [0.1, 0.15) is 11.0 Å². The monoisotopic (exact) mass is 253 g/mol. The lowest BCUT2D eigenvalue weighted by molar-refractivity contribution is -0.135. The molecule has 17 heavy (non-hydrogen) atoms. The van der Waals surface area contributed by atoms with Crippen molar-refractivity contribution >= 4 is 23.2 Å². The second kappa shape index (κ2) is 4.83. The molecule has 1 N–H and O–H groups in total. The first kappa shape index (κ1) is 12.0. The van der Waals surface area contributed by atoms with Crippen molar-refractivity contribution in [2.45, 2.75) is 38.9 Å². The lowest BCUT2D eigenvalue weighted by Crippen LogP contribution is -2.44. The molecule has 1 saturated heterocycles. The summed E-state index contributed by atoms with van der Waals surface area (Å²) in [5.41, 5.74) is 0. The van der Waals surface area contributed by atoms with Crippen molar-refractivity contribution < 1.29 is 9.59 Å². The van der Waals surface area contributed by atoms with E-state index in [1.54, 1.807) is 18.0 Å². The predicted octanol–water partition coefficient (Wildman–Crippen LogP) is 0.769. The Labute approximate surface area is 104 Å². The minimum atomic E-state index is -0.451. The molecule has 1 aromatic heterocycles. The third-order valence-electron chi connectivity index (χ3n) is 2.83. The first-order chi connectivity index (χ1) is 8.08. The molecule has 2 rings (SSSR count). The standard InChI is InChI=1S/C11H15N3O2S/c1-7-5-9(15)13-8(2)11(16)14(7)6-10-12-3-4-17-10/h3-4,7-8H,5-6H2,1-2H3,(H,13,15). The third-order valence-corrected chi connectivity index (χ3v) is 3.60. The van der Waals surface area contributed by atoms with Crippen LogP contribution < -0.4 is 5.32 Å². The van der Waals surface area contributed by atoms with Gasteiger partial charge in [-0.1, -0.05) is 0 Å². The fourth-order valence-electron chi connectivity index (χ4n) is 1.92. The van der Waals surface area contributed by atoms with Crippen molar-refractivity contribution in [3.63, 3.8) is 0 Å². The Morgan fingerprint density at radius 3 is 2.94 bits per heavy atom. The van der Waals surface area contributed by atoms with Crippen molar-refractivity contribution in [3.05, 3.63) is 16.6 Å². The second-order valence-corrected chi connectivity index (χ2v) is 5.21. The van der Waals surface area contributed by atoms with Crippen molar-refractivity contribution in [1.82, 2.24) is 15.2 Å². The molecule has 0 spiro atoms. The number of nitrogens with zero attached hydrogens (tertiary/aromatic N) is 2. The van der Waals surface area contributed by atoms with E-state index in [0.29, 0.717) is 13.0 Å². The molecular weight excluding hydrogens is 238 g/mol. The number of aromatic nitrogens is 1. The zero-order valence-electron chi connectivity index (χ0n) is 9.84. The van der Waals surface area contributed by atoms with Crippen molar-refractivity contribution in [2.75, 3.05) is 0 Å². The fraction of sp³-hybridized carbons (Fsp3) is 0.545. The molecule has 1 aliphatic rings. The van der Waals surface area contributed by atoms with E-state index < -0.39 is 6.04 Å². The number of nitrogens with one attached hydrogen (secondary N) is 1. The lowest BCUT2D eigenvalue weighted by Gasteiger charge is -2.26. The fourth-order valence-corrected chi connectivity index (χ4v) is 2.53. The maximum Gasteiger partial charge on any atom is 0.245 e. The van der Waals surface area contributed by atoms with E-state index in [0.717, 1.165) is 5.01 Å². The van der Waals surface area contributed by atoms with Crippen LogP contribution >= 0.6 is 11.3 Å². The smallest absolute Gasteiger partial charge is 0.245 e. The van der Waals surface area contributed by atoms with Crippen LogP contribution in [0.25, 0.3) is 0 Å². The minimum absolute atomic E-state index is 0.0430. The van der Waals surface area contributed by atoms with Gasteiger partial charge in [-0.2, -0.15) is 0 Å². The molecule has 2 atom stereocenters. The number of carbonyl (C=O) groups is 2. The topological polar surface area (TPSA) is 62.3 Å². The largest absolute Gasteiger partial charge is 0.345 e. The molecule has 5 nitrogen and oxygen atoms in total. The number of amides is 2. The van der Waals surface area contributed by atoms with Gasteiger partial charge in [-0.05, 0) is 13.8 Å². The number of carbonyl (C=O) groups excluding carboxylic acids is 2. The Hall–Kier alpha value is -1.43. The van der Waals surface area contributed by atoms with E-state index in [1.165, 1.54) is 11.3 Å². The van der Waals surface area contributed by atoms with Crippen LogP contribution in [0.15, 0.2) is 11.6 Å². The average Bonchev–Trinajstić information content (AvgIpc) is 2.73. The van der Waals surface area contributed by atoms with Gasteiger partial charge >= 0.3 is 0 Å². The summed E-state index contributed by atoms with van der Waals surface area (Å²) < 4.78 is 0. The Bertz CT molecular complexity index is 418. The van der Waals surface area contributed by atoms with Crippen molar-refractivity contribution in [2.24, 2.45) is 0 Å². The highest BCUT2D eigenvalue weighted by molar-refractivity contribution is 7.09. The minimum Gasteiger partial charge on any atom is -0.345 e. The van der Waals surface area contributed by atoms with Crippen molar-refractivity contribution in [1.29, 1.82) is 0 Å². The SMILES string of the molecule is CC1NC(=O)CC(C)N(Cc2nccs2)C1=O. The van der Waals surface area contributed by atoms with Crippen LogP contribution in [0, 0.1) is 0 Å². The number of hydrogen-bond donors (Lipinski definition) is 1. The van der Waals surface area contributed by atoms with Gasteiger partial charge in [0.15, 0.2) is 0 Å². The van der Waals surface area contributed by atoms with E-state index in [1.807, 2.05) is 12.3 Å². The summed E-state index contributed by atoms with van der Waals surface area (Å²) in [6.45, 7) is 4.09. The molecule has 2 amide bonds. The Balaban J connectivity index is 2.17. The number of thiazole rings is 1. The maximum atomic E-state index is 12.1. The molecule has 1 aliphatic heterocycles. The van der Waals surface area contributed by atoms with Crippen LogP contribution in [0.3, 0.4) is 0 Å². The van der Waals surface area contributed by atoms with Crippen LogP contribution in [0.4, 0.5) is 0 Å². The van der Waals surface area contributed by atoms with Gasteiger partial charge in [0.05, 0.1) is 6.54 Å². The molecule has 0 saturated carbocycles. The zero-order valence-corrected chi connectivity index (χ0v) is 10.7. The molecule has 92 valence electrons. The summed E-state index contributed by atoms with van der Waals surface area (Å²) in [4.78, 5) is 29.5. The lowest BCUT2D eigenvalue weighted by atomic mass is 10.2. The molecule has 0 aromatic carbocycles. The Morgan fingerprint density at radius 2 is 2.29 bits per heavy atom. The number of hydrogen-bond acceptors (Lipinski definition) is 4. The third kappa shape index (κ3) is 2.63. The van der Waals surface area contributed by atoms with E-state index in [9.17, 15) is 9.59 Å². The summed E-state index contributed by atoms with van der Waals surface area (Å²) in [6, 6.07) is -0.538. The van der Waals surface area contributed by atoms with Gasteiger partial charge < -0.3 is 10.2 Å². The summed E-state index contributed by atoms with van der Waals surface area (Å²) in [5.74, 6) is -0.112. The summed E-state index contributed by atoms with van der Waals surface area (Å²) in [7, 11) is 0. The molecular formula is C11H15N3O2S. The highest BCUT2D eigenvalue weighted by atomic mass is 32.1. The van der Waals surface area contributed by atoms with Crippen LogP contribution in [-0.2, 0) is 16.1 Å². The van der Waals surface area contributed by atoms with Crippen LogP contribution in [0.5, 0.6) is 0 Å². The van der Waals surface area contributed by atoms with E-state index in [2.05, 4.69) is 10.3 Å². The quantitative estimate of drug-likeness (QED) is 0.846. The molecule has 0 aliphatic carbocycles. The zero-order chi connectivity index (χ0) is 12.4. The van der Waals surface area contributed by atoms with Gasteiger partial charge in [0.25, 0.3) is 0 Å². The Kier molecular flexibility index (Phi) is 3.42.